The standard InChI is InChI=1S/C24H40N10O2S2/c1-15-18(38-23(27)31-15)10-8-14-30-22(26)34-20(36)12-6-4-3-5-11-19(35)33-21(25)29-13-7-9-17-16(2)37-24(28)32-17/h3-14H2,1-2H3,(H2,27,31)(H2,28,32)(H3,25,29,33,35)(H3,26,30,34,36). The van der Waals surface area contributed by atoms with Gasteiger partial charge >= 0.3 is 0 Å². The maximum Gasteiger partial charge on any atom is 0.226 e. The van der Waals surface area contributed by atoms with E-state index in [2.05, 4.69) is 30.6 Å². The summed E-state index contributed by atoms with van der Waals surface area (Å²) in [5.74, 6) is -0.0595. The number of guanidine groups is 2. The van der Waals surface area contributed by atoms with Crippen molar-refractivity contribution >= 4 is 56.7 Å². The zero-order chi connectivity index (χ0) is 27.9. The Morgan fingerprint density at radius 2 is 1.29 bits per heavy atom. The minimum Gasteiger partial charge on any atom is -0.375 e. The highest BCUT2D eigenvalue weighted by Crippen LogP contribution is 2.21. The average Bonchev–Trinajstić information content (AvgIpc) is 3.34. The lowest BCUT2D eigenvalue weighted by atomic mass is 10.1. The molecule has 10 N–H and O–H groups in total. The van der Waals surface area contributed by atoms with E-state index in [4.69, 9.17) is 22.9 Å². The highest BCUT2D eigenvalue weighted by molar-refractivity contribution is 7.15. The third kappa shape index (κ3) is 12.3. The van der Waals surface area contributed by atoms with Gasteiger partial charge in [0.1, 0.15) is 0 Å². The highest BCUT2D eigenvalue weighted by atomic mass is 32.1. The van der Waals surface area contributed by atoms with Crippen molar-refractivity contribution in [2.45, 2.75) is 78.1 Å². The normalized spacial score (nSPS) is 12.1. The van der Waals surface area contributed by atoms with E-state index in [-0.39, 0.29) is 23.7 Å². The number of hydrogen-bond donors (Lipinski definition) is 6. The van der Waals surface area contributed by atoms with E-state index in [1.54, 1.807) is 0 Å². The minimum atomic E-state index is -0.162. The molecule has 2 rings (SSSR count). The van der Waals surface area contributed by atoms with Gasteiger partial charge in [-0.1, -0.05) is 12.8 Å². The van der Waals surface area contributed by atoms with Crippen LogP contribution in [0.3, 0.4) is 0 Å². The third-order valence-electron chi connectivity index (χ3n) is 5.61. The molecule has 0 aliphatic carbocycles. The van der Waals surface area contributed by atoms with Crippen molar-refractivity contribution in [1.82, 2.24) is 20.6 Å². The predicted molar refractivity (Wildman–Crippen MR) is 156 cm³/mol. The number of hydrogen-bond acceptors (Lipinski definition) is 10. The fraction of sp³-hybridized carbons (Fsp3) is 0.583. The molecule has 0 bridgehead atoms. The Morgan fingerprint density at radius 3 is 1.76 bits per heavy atom. The number of aromatic nitrogens is 2. The number of unbranched alkanes of at least 4 members (excludes halogenated alkanes) is 3. The molecule has 0 unspecified atom stereocenters. The first-order valence-corrected chi connectivity index (χ1v) is 14.4. The zero-order valence-corrected chi connectivity index (χ0v) is 23.8. The van der Waals surface area contributed by atoms with E-state index in [0.717, 1.165) is 59.7 Å². The van der Waals surface area contributed by atoms with Crippen LogP contribution in [0.25, 0.3) is 0 Å². The van der Waals surface area contributed by atoms with Crippen molar-refractivity contribution in [1.29, 1.82) is 0 Å². The smallest absolute Gasteiger partial charge is 0.226 e. The van der Waals surface area contributed by atoms with Crippen molar-refractivity contribution in [3.63, 3.8) is 0 Å². The fourth-order valence-corrected chi connectivity index (χ4v) is 5.27. The number of nitrogen functional groups attached to an aromatic ring is 2. The number of aliphatic imine (C=N–C) groups is 2. The van der Waals surface area contributed by atoms with Crippen LogP contribution in [-0.2, 0) is 22.4 Å². The molecule has 210 valence electrons. The maximum absolute atomic E-state index is 12.0. The number of nitrogens with zero attached hydrogens (tertiary/aromatic N) is 4. The van der Waals surface area contributed by atoms with Crippen LogP contribution in [0.1, 0.15) is 72.5 Å². The van der Waals surface area contributed by atoms with Crippen LogP contribution in [0.2, 0.25) is 0 Å². The number of anilines is 2. The van der Waals surface area contributed by atoms with Gasteiger partial charge in [0.15, 0.2) is 22.2 Å². The molecule has 0 atom stereocenters. The summed E-state index contributed by atoms with van der Waals surface area (Å²) in [5.41, 5.74) is 24.9. The second-order valence-electron chi connectivity index (χ2n) is 8.87. The van der Waals surface area contributed by atoms with Gasteiger partial charge in [-0.25, -0.2) is 9.97 Å². The predicted octanol–water partition coefficient (Wildman–Crippen LogP) is 2.15. The molecule has 12 nitrogen and oxygen atoms in total. The third-order valence-corrected chi connectivity index (χ3v) is 7.50. The Bertz CT molecular complexity index is 1020. The Labute approximate surface area is 231 Å². The summed E-state index contributed by atoms with van der Waals surface area (Å²) in [6, 6.07) is 0. The Balaban J connectivity index is 1.48. The van der Waals surface area contributed by atoms with Gasteiger partial charge in [0.2, 0.25) is 11.8 Å². The topological polar surface area (TPSA) is 213 Å². The van der Waals surface area contributed by atoms with E-state index in [0.29, 0.717) is 49.0 Å². The van der Waals surface area contributed by atoms with E-state index in [1.807, 2.05) is 13.8 Å². The van der Waals surface area contributed by atoms with Gasteiger partial charge in [-0.15, -0.1) is 22.7 Å². The second-order valence-corrected chi connectivity index (χ2v) is 11.2. The molecule has 0 aromatic carbocycles. The molecule has 0 fully saturated rings. The van der Waals surface area contributed by atoms with Gasteiger partial charge in [0.25, 0.3) is 0 Å². The summed E-state index contributed by atoms with van der Waals surface area (Å²) in [6.45, 7) is 4.95. The summed E-state index contributed by atoms with van der Waals surface area (Å²) in [7, 11) is 0. The first-order valence-electron chi connectivity index (χ1n) is 12.8. The van der Waals surface area contributed by atoms with Gasteiger partial charge in [0, 0.05) is 35.7 Å². The van der Waals surface area contributed by atoms with E-state index >= 15 is 0 Å². The Hall–Kier alpha value is -3.26. The molecule has 0 radical (unpaired) electrons. The number of thiazole rings is 2. The van der Waals surface area contributed by atoms with Crippen LogP contribution >= 0.6 is 22.7 Å². The molecular weight excluding hydrogens is 524 g/mol. The van der Waals surface area contributed by atoms with Crippen LogP contribution in [-0.4, -0.2) is 46.8 Å². The van der Waals surface area contributed by atoms with Crippen LogP contribution in [0, 0.1) is 13.8 Å². The first kappa shape index (κ1) is 31.0. The van der Waals surface area contributed by atoms with Crippen LogP contribution in [0.4, 0.5) is 10.3 Å². The molecule has 14 heteroatoms. The van der Waals surface area contributed by atoms with Crippen molar-refractivity contribution in [3.8, 4) is 0 Å². The van der Waals surface area contributed by atoms with E-state index in [9.17, 15) is 9.59 Å². The lowest BCUT2D eigenvalue weighted by Gasteiger charge is -2.06. The number of amides is 2. The largest absolute Gasteiger partial charge is 0.375 e. The molecule has 2 amide bonds. The number of aryl methyl sites for hydroxylation is 4. The minimum absolute atomic E-state index is 0.128. The quantitative estimate of drug-likeness (QED) is 0.107. The monoisotopic (exact) mass is 564 g/mol. The fourth-order valence-electron chi connectivity index (χ4n) is 3.66. The lowest BCUT2D eigenvalue weighted by molar-refractivity contribution is -0.120. The van der Waals surface area contributed by atoms with Gasteiger partial charge < -0.3 is 22.9 Å². The van der Waals surface area contributed by atoms with Gasteiger partial charge in [-0.2, -0.15) is 0 Å². The van der Waals surface area contributed by atoms with Crippen LogP contribution in [0.5, 0.6) is 0 Å². The van der Waals surface area contributed by atoms with Crippen molar-refractivity contribution in [3.05, 3.63) is 21.1 Å². The lowest BCUT2D eigenvalue weighted by Crippen LogP contribution is -2.37. The van der Waals surface area contributed by atoms with Crippen molar-refractivity contribution < 1.29 is 9.59 Å². The highest BCUT2D eigenvalue weighted by Gasteiger charge is 2.08. The summed E-state index contributed by atoms with van der Waals surface area (Å²) in [4.78, 5) is 43.2. The number of nitrogens with two attached hydrogens (primary N) is 4. The Kier molecular flexibility index (Phi) is 13.5. The zero-order valence-electron chi connectivity index (χ0n) is 22.2. The van der Waals surface area contributed by atoms with Crippen molar-refractivity contribution in [2.24, 2.45) is 21.5 Å². The average molecular weight is 565 g/mol. The SMILES string of the molecule is Cc1nc(N)sc1CCCN=C(N)NC(=O)CCCCCCC(=O)NC(N)=NCCCc1nc(N)sc1C. The Morgan fingerprint density at radius 1 is 0.763 bits per heavy atom. The molecule has 0 aliphatic heterocycles. The van der Waals surface area contributed by atoms with Gasteiger partial charge in [-0.05, 0) is 52.4 Å². The molecule has 0 spiro atoms. The molecular formula is C24H40N10O2S2. The number of carbonyl (C=O) groups is 2. The number of nitrogens with one attached hydrogen (secondary N) is 2. The molecule has 0 aliphatic rings. The number of carbonyl (C=O) groups excluding carboxylic acids is 2. The number of rotatable bonds is 15. The van der Waals surface area contributed by atoms with Crippen LogP contribution in [0.15, 0.2) is 9.98 Å². The van der Waals surface area contributed by atoms with Gasteiger partial charge in [0.05, 0.1) is 11.4 Å². The first-order chi connectivity index (χ1) is 18.1. The van der Waals surface area contributed by atoms with Crippen LogP contribution < -0.4 is 33.6 Å². The summed E-state index contributed by atoms with van der Waals surface area (Å²) >= 11 is 2.96. The molecule has 2 aromatic heterocycles. The molecule has 0 saturated carbocycles. The second kappa shape index (κ2) is 16.6. The molecule has 2 aromatic rings. The molecule has 2 heterocycles. The maximum atomic E-state index is 12.0. The summed E-state index contributed by atoms with van der Waals surface area (Å²) in [6.07, 6.45) is 6.96. The van der Waals surface area contributed by atoms with E-state index < -0.39 is 0 Å². The molecule has 38 heavy (non-hydrogen) atoms. The summed E-state index contributed by atoms with van der Waals surface area (Å²) in [5, 5.41) is 6.38. The summed E-state index contributed by atoms with van der Waals surface area (Å²) < 4.78 is 0. The van der Waals surface area contributed by atoms with Crippen molar-refractivity contribution in [2.75, 3.05) is 24.6 Å². The van der Waals surface area contributed by atoms with E-state index in [1.165, 1.54) is 22.7 Å². The van der Waals surface area contributed by atoms with Gasteiger partial charge in [-0.3, -0.25) is 30.2 Å². The molecule has 0 saturated heterocycles.